The molecule has 2 aromatic heterocycles. The Hall–Kier alpha value is -1.97. The van der Waals surface area contributed by atoms with Gasteiger partial charge in [0.1, 0.15) is 0 Å². The highest BCUT2D eigenvalue weighted by Crippen LogP contribution is 2.21. The minimum atomic E-state index is 0.680. The highest BCUT2D eigenvalue weighted by molar-refractivity contribution is 5.63. The Bertz CT molecular complexity index is 537. The first-order valence-electron chi connectivity index (χ1n) is 6.20. The molecule has 0 spiro atoms. The smallest absolute Gasteiger partial charge is 0.223 e. The molecule has 0 amide bonds. The maximum absolute atomic E-state index is 4.56. The molecule has 0 fully saturated rings. The fourth-order valence-corrected chi connectivity index (χ4v) is 1.74. The zero-order valence-corrected chi connectivity index (χ0v) is 11.1. The van der Waals surface area contributed by atoms with Gasteiger partial charge in [-0.15, -0.1) is 0 Å². The predicted octanol–water partition coefficient (Wildman–Crippen LogP) is 2.98. The van der Waals surface area contributed by atoms with Crippen molar-refractivity contribution in [3.8, 4) is 11.3 Å². The van der Waals surface area contributed by atoms with Crippen molar-refractivity contribution in [2.75, 3.05) is 11.9 Å². The van der Waals surface area contributed by atoms with E-state index in [1.54, 1.807) is 0 Å². The molecule has 2 rings (SSSR count). The number of pyridine rings is 1. The van der Waals surface area contributed by atoms with E-state index in [1.807, 2.05) is 32.4 Å². The number of hydrogen-bond donors (Lipinski definition) is 1. The van der Waals surface area contributed by atoms with Crippen LogP contribution < -0.4 is 5.32 Å². The minimum absolute atomic E-state index is 0.680. The molecule has 0 aliphatic rings. The molecule has 94 valence electrons. The van der Waals surface area contributed by atoms with Crippen LogP contribution in [0.2, 0.25) is 0 Å². The van der Waals surface area contributed by atoms with Crippen molar-refractivity contribution in [3.63, 3.8) is 0 Å². The monoisotopic (exact) mass is 242 g/mol. The van der Waals surface area contributed by atoms with Gasteiger partial charge in [0, 0.05) is 30.7 Å². The van der Waals surface area contributed by atoms with Crippen LogP contribution in [-0.2, 0) is 0 Å². The number of anilines is 1. The summed E-state index contributed by atoms with van der Waals surface area (Å²) >= 11 is 0. The highest BCUT2D eigenvalue weighted by atomic mass is 15.1. The average molecular weight is 242 g/mol. The zero-order chi connectivity index (χ0) is 13.0. The van der Waals surface area contributed by atoms with Crippen LogP contribution in [0.25, 0.3) is 11.3 Å². The summed E-state index contributed by atoms with van der Waals surface area (Å²) in [4.78, 5) is 13.1. The van der Waals surface area contributed by atoms with Crippen molar-refractivity contribution in [2.45, 2.75) is 27.2 Å². The molecule has 0 saturated heterocycles. The predicted molar refractivity (Wildman–Crippen MR) is 73.5 cm³/mol. The van der Waals surface area contributed by atoms with E-state index in [0.29, 0.717) is 5.95 Å². The number of nitrogens with zero attached hydrogens (tertiary/aromatic N) is 3. The topological polar surface area (TPSA) is 50.7 Å². The van der Waals surface area contributed by atoms with Crippen molar-refractivity contribution < 1.29 is 0 Å². The van der Waals surface area contributed by atoms with Gasteiger partial charge >= 0.3 is 0 Å². The third-order valence-corrected chi connectivity index (χ3v) is 2.65. The molecule has 0 saturated carbocycles. The van der Waals surface area contributed by atoms with Crippen LogP contribution >= 0.6 is 0 Å². The van der Waals surface area contributed by atoms with Gasteiger partial charge in [-0.25, -0.2) is 9.97 Å². The molecule has 1 N–H and O–H groups in total. The van der Waals surface area contributed by atoms with Crippen LogP contribution in [0, 0.1) is 13.8 Å². The molecular formula is C14H18N4. The summed E-state index contributed by atoms with van der Waals surface area (Å²) in [5.74, 6) is 0.680. The van der Waals surface area contributed by atoms with E-state index in [-0.39, 0.29) is 0 Å². The summed E-state index contributed by atoms with van der Waals surface area (Å²) in [6, 6.07) is 2.09. The van der Waals surface area contributed by atoms with E-state index >= 15 is 0 Å². The molecule has 0 unspecified atom stereocenters. The molecule has 0 aliphatic carbocycles. The van der Waals surface area contributed by atoms with Gasteiger partial charge < -0.3 is 5.32 Å². The number of nitrogens with one attached hydrogen (secondary N) is 1. The summed E-state index contributed by atoms with van der Waals surface area (Å²) in [5, 5.41) is 3.20. The lowest BCUT2D eigenvalue weighted by Crippen LogP contribution is -2.05. The molecular weight excluding hydrogens is 224 g/mol. The quantitative estimate of drug-likeness (QED) is 0.895. The van der Waals surface area contributed by atoms with Crippen LogP contribution in [0.5, 0.6) is 0 Å². The summed E-state index contributed by atoms with van der Waals surface area (Å²) in [7, 11) is 0. The van der Waals surface area contributed by atoms with E-state index in [2.05, 4.69) is 33.3 Å². The lowest BCUT2D eigenvalue weighted by molar-refractivity contribution is 0.950. The Balaban J connectivity index is 2.37. The number of aromatic nitrogens is 3. The summed E-state index contributed by atoms with van der Waals surface area (Å²) < 4.78 is 0. The maximum Gasteiger partial charge on any atom is 0.223 e. The second-order valence-electron chi connectivity index (χ2n) is 4.40. The molecule has 0 radical (unpaired) electrons. The van der Waals surface area contributed by atoms with E-state index in [0.717, 1.165) is 35.3 Å². The lowest BCUT2D eigenvalue weighted by Gasteiger charge is -2.08. The van der Waals surface area contributed by atoms with Gasteiger partial charge in [-0.2, -0.15) is 0 Å². The Morgan fingerprint density at radius 2 is 2.00 bits per heavy atom. The molecule has 0 atom stereocenters. The zero-order valence-electron chi connectivity index (χ0n) is 11.1. The summed E-state index contributed by atoms with van der Waals surface area (Å²) in [5.41, 5.74) is 4.17. The SMILES string of the molecule is CCCNc1ncc(C)c(-c2cncc(C)c2)n1. The van der Waals surface area contributed by atoms with Crippen molar-refractivity contribution in [2.24, 2.45) is 0 Å². The molecule has 0 aliphatic heterocycles. The highest BCUT2D eigenvalue weighted by Gasteiger charge is 2.06. The fourth-order valence-electron chi connectivity index (χ4n) is 1.74. The Morgan fingerprint density at radius 1 is 1.17 bits per heavy atom. The van der Waals surface area contributed by atoms with E-state index in [1.165, 1.54) is 0 Å². The number of hydrogen-bond acceptors (Lipinski definition) is 4. The fraction of sp³-hybridized carbons (Fsp3) is 0.357. The van der Waals surface area contributed by atoms with Crippen LogP contribution in [0.1, 0.15) is 24.5 Å². The van der Waals surface area contributed by atoms with Gasteiger partial charge in [0.2, 0.25) is 5.95 Å². The van der Waals surface area contributed by atoms with Crippen LogP contribution in [0.3, 0.4) is 0 Å². The van der Waals surface area contributed by atoms with Gasteiger partial charge in [0.15, 0.2) is 0 Å². The first-order valence-corrected chi connectivity index (χ1v) is 6.20. The largest absolute Gasteiger partial charge is 0.354 e. The molecule has 4 nitrogen and oxygen atoms in total. The van der Waals surface area contributed by atoms with Gasteiger partial charge in [-0.05, 0) is 37.5 Å². The van der Waals surface area contributed by atoms with Gasteiger partial charge in [-0.1, -0.05) is 6.92 Å². The maximum atomic E-state index is 4.56. The first kappa shape index (κ1) is 12.5. The number of aryl methyl sites for hydroxylation is 2. The lowest BCUT2D eigenvalue weighted by atomic mass is 10.1. The van der Waals surface area contributed by atoms with E-state index in [4.69, 9.17) is 0 Å². The molecule has 0 bridgehead atoms. The first-order chi connectivity index (χ1) is 8.70. The second kappa shape index (κ2) is 5.58. The van der Waals surface area contributed by atoms with Crippen LogP contribution in [-0.4, -0.2) is 21.5 Å². The Morgan fingerprint density at radius 3 is 2.72 bits per heavy atom. The molecule has 0 aromatic carbocycles. The van der Waals surface area contributed by atoms with Crippen molar-refractivity contribution in [1.82, 2.24) is 15.0 Å². The normalized spacial score (nSPS) is 10.4. The minimum Gasteiger partial charge on any atom is -0.354 e. The molecule has 18 heavy (non-hydrogen) atoms. The van der Waals surface area contributed by atoms with Crippen LogP contribution in [0.4, 0.5) is 5.95 Å². The second-order valence-corrected chi connectivity index (χ2v) is 4.40. The van der Waals surface area contributed by atoms with Crippen LogP contribution in [0.15, 0.2) is 24.7 Å². The van der Waals surface area contributed by atoms with Gasteiger partial charge in [-0.3, -0.25) is 4.98 Å². The Kier molecular flexibility index (Phi) is 3.87. The van der Waals surface area contributed by atoms with Gasteiger partial charge in [0.25, 0.3) is 0 Å². The summed E-state index contributed by atoms with van der Waals surface area (Å²) in [6.07, 6.45) is 6.59. The van der Waals surface area contributed by atoms with Gasteiger partial charge in [0.05, 0.1) is 5.69 Å². The van der Waals surface area contributed by atoms with Crippen molar-refractivity contribution in [1.29, 1.82) is 0 Å². The molecule has 2 heterocycles. The third-order valence-electron chi connectivity index (χ3n) is 2.65. The molecule has 4 heteroatoms. The van der Waals surface area contributed by atoms with Crippen molar-refractivity contribution in [3.05, 3.63) is 35.8 Å². The average Bonchev–Trinajstić information content (AvgIpc) is 2.38. The van der Waals surface area contributed by atoms with Crippen molar-refractivity contribution >= 4 is 5.95 Å². The third kappa shape index (κ3) is 2.83. The molecule has 2 aromatic rings. The standard InChI is InChI=1S/C14H18N4/c1-4-5-16-14-17-8-11(3)13(18-14)12-6-10(2)7-15-9-12/h6-9H,4-5H2,1-3H3,(H,16,17,18). The number of rotatable bonds is 4. The summed E-state index contributed by atoms with van der Waals surface area (Å²) in [6.45, 7) is 7.05. The van der Waals surface area contributed by atoms with E-state index in [9.17, 15) is 0 Å². The van der Waals surface area contributed by atoms with E-state index < -0.39 is 0 Å². The Labute approximate surface area is 108 Å².